The van der Waals surface area contributed by atoms with Crippen LogP contribution in [0, 0.1) is 23.1 Å². The van der Waals surface area contributed by atoms with Gasteiger partial charge in [0.1, 0.15) is 23.7 Å². The Balaban J connectivity index is 0.856. The van der Waals surface area contributed by atoms with Crippen molar-refractivity contribution in [3.63, 3.8) is 0 Å². The standard InChI is InChI=1S/C40H42FN7O4/c1-40-15-13-27-26-10-8-25(49)17-22(26)5-9-28(27)30(40)11-12-32(40)52-16-14-33(50)44-24-6-3-21(4-7-24)36-35(38-42-20-43-48(38)2)37-34-29(39(51)47-46-37)18-23(41)19-31(34)45-36/h3-4,6-8,10,17-20,27-28,30,32,35-36,45,49H,5,9,11-16H2,1-2H3,(H,44,50)(H,47,51)/t27-,28-,30+,32+,35-,36-,40+/m1/s1. The predicted octanol–water partition coefficient (Wildman–Crippen LogP) is 6.47. The molecule has 3 heterocycles. The molecule has 11 nitrogen and oxygen atoms in total. The summed E-state index contributed by atoms with van der Waals surface area (Å²) in [6.45, 7) is 2.77. The molecule has 1 aliphatic heterocycles. The summed E-state index contributed by atoms with van der Waals surface area (Å²) in [6, 6.07) is 15.7. The molecule has 7 atom stereocenters. The van der Waals surface area contributed by atoms with E-state index in [2.05, 4.69) is 43.9 Å². The SMILES string of the molecule is Cn1ncnc1[C@H]1c2n[nH]c(=O)c3cc(F)cc(c23)N[C@@H]1c1ccc(NC(=O)CCO[C@H]2CC[C@H]3[C@@H]4CCc5cc(O)ccc5[C@H]4CC[C@]23C)cc1. The predicted molar refractivity (Wildman–Crippen MR) is 194 cm³/mol. The number of phenolic OH excluding ortho intramolecular Hbond substituents is 1. The lowest BCUT2D eigenvalue weighted by Gasteiger charge is -2.50. The number of benzene rings is 3. The highest BCUT2D eigenvalue weighted by atomic mass is 19.1. The average molecular weight is 704 g/mol. The third-order valence-electron chi connectivity index (χ3n) is 12.7. The number of rotatable bonds is 7. The number of aromatic nitrogens is 5. The second-order valence-electron chi connectivity index (χ2n) is 15.4. The summed E-state index contributed by atoms with van der Waals surface area (Å²) in [5.74, 6) is 1.71. The number of H-pyrrole nitrogens is 1. The molecule has 0 bridgehead atoms. The molecule has 52 heavy (non-hydrogen) atoms. The maximum Gasteiger partial charge on any atom is 0.272 e. The van der Waals surface area contributed by atoms with Gasteiger partial charge in [0.2, 0.25) is 5.91 Å². The lowest BCUT2D eigenvalue weighted by atomic mass is 9.55. The zero-order valence-electron chi connectivity index (χ0n) is 29.2. The van der Waals surface area contributed by atoms with Crippen LogP contribution in [-0.4, -0.2) is 48.7 Å². The number of amides is 1. The van der Waals surface area contributed by atoms with E-state index < -0.39 is 23.3 Å². The van der Waals surface area contributed by atoms with Crippen molar-refractivity contribution in [1.29, 1.82) is 0 Å². The molecule has 2 saturated carbocycles. The number of carbonyl (C=O) groups excluding carboxylic acids is 1. The smallest absolute Gasteiger partial charge is 0.272 e. The first kappa shape index (κ1) is 32.8. The Morgan fingerprint density at radius 1 is 1.12 bits per heavy atom. The Morgan fingerprint density at radius 2 is 1.96 bits per heavy atom. The van der Waals surface area contributed by atoms with Gasteiger partial charge in [-0.25, -0.2) is 14.5 Å². The fourth-order valence-corrected chi connectivity index (χ4v) is 10.3. The average Bonchev–Trinajstić information content (AvgIpc) is 3.71. The number of anilines is 2. The van der Waals surface area contributed by atoms with E-state index in [1.54, 1.807) is 11.7 Å². The zero-order valence-corrected chi connectivity index (χ0v) is 29.2. The van der Waals surface area contributed by atoms with Crippen LogP contribution in [0.5, 0.6) is 5.75 Å². The molecule has 12 heteroatoms. The number of nitrogens with zero attached hydrogens (tertiary/aromatic N) is 4. The Kier molecular flexibility index (Phi) is 7.91. The number of nitrogens with one attached hydrogen (secondary N) is 3. The maximum atomic E-state index is 14.6. The third kappa shape index (κ3) is 5.37. The molecule has 0 radical (unpaired) electrons. The minimum atomic E-state index is -0.525. The molecule has 9 rings (SSSR count). The van der Waals surface area contributed by atoms with Gasteiger partial charge in [-0.3, -0.25) is 14.3 Å². The zero-order chi connectivity index (χ0) is 35.7. The molecule has 3 aromatic carbocycles. The van der Waals surface area contributed by atoms with Gasteiger partial charge in [0, 0.05) is 23.8 Å². The highest BCUT2D eigenvalue weighted by molar-refractivity contribution is 5.97. The Bertz CT molecular complexity index is 2250. The first-order valence-electron chi connectivity index (χ1n) is 18.3. The van der Waals surface area contributed by atoms with Crippen molar-refractivity contribution in [3.05, 3.63) is 105 Å². The van der Waals surface area contributed by atoms with Crippen molar-refractivity contribution in [2.24, 2.45) is 24.3 Å². The number of aromatic amines is 1. The van der Waals surface area contributed by atoms with Gasteiger partial charge in [-0.15, -0.1) is 0 Å². The first-order valence-corrected chi connectivity index (χ1v) is 18.3. The van der Waals surface area contributed by atoms with E-state index in [1.807, 2.05) is 36.4 Å². The monoisotopic (exact) mass is 703 g/mol. The van der Waals surface area contributed by atoms with Gasteiger partial charge in [-0.2, -0.15) is 10.2 Å². The lowest BCUT2D eigenvalue weighted by Crippen LogP contribution is -2.44. The van der Waals surface area contributed by atoms with Crippen molar-refractivity contribution < 1.29 is 19.0 Å². The summed E-state index contributed by atoms with van der Waals surface area (Å²) in [5.41, 5.74) is 4.96. The highest BCUT2D eigenvalue weighted by Gasteiger charge is 2.55. The molecule has 4 aliphatic rings. The van der Waals surface area contributed by atoms with E-state index in [0.29, 0.717) is 58.4 Å². The molecule has 0 saturated heterocycles. The molecule has 3 aliphatic carbocycles. The number of halogens is 1. The molecule has 0 spiro atoms. The van der Waals surface area contributed by atoms with Gasteiger partial charge in [-0.1, -0.05) is 25.1 Å². The molecule has 2 fully saturated rings. The Labute approximate surface area is 300 Å². The van der Waals surface area contributed by atoms with Crippen LogP contribution in [0.25, 0.3) is 10.8 Å². The van der Waals surface area contributed by atoms with Gasteiger partial charge in [0.25, 0.3) is 5.56 Å². The summed E-state index contributed by atoms with van der Waals surface area (Å²) >= 11 is 0. The van der Waals surface area contributed by atoms with Gasteiger partial charge >= 0.3 is 0 Å². The fourth-order valence-electron chi connectivity index (χ4n) is 10.3. The van der Waals surface area contributed by atoms with E-state index in [9.17, 15) is 19.1 Å². The topological polar surface area (TPSA) is 147 Å². The summed E-state index contributed by atoms with van der Waals surface area (Å²) in [4.78, 5) is 30.2. The molecule has 2 aromatic heterocycles. The number of ether oxygens (including phenoxy) is 1. The second-order valence-corrected chi connectivity index (χ2v) is 15.4. The number of hydrogen-bond acceptors (Lipinski definition) is 8. The van der Waals surface area contributed by atoms with Crippen LogP contribution in [0.4, 0.5) is 15.8 Å². The molecule has 5 aromatic rings. The Hall–Kier alpha value is -5.10. The van der Waals surface area contributed by atoms with E-state index >= 15 is 0 Å². The molecule has 0 unspecified atom stereocenters. The van der Waals surface area contributed by atoms with Crippen LogP contribution < -0.4 is 16.2 Å². The fraction of sp³-hybridized carbons (Fsp3) is 0.425. The molecule has 4 N–H and O–H groups in total. The number of phenols is 1. The quantitative estimate of drug-likeness (QED) is 0.151. The number of hydrogen-bond donors (Lipinski definition) is 4. The molecular weight excluding hydrogens is 661 g/mol. The van der Waals surface area contributed by atoms with E-state index in [-0.39, 0.29) is 29.2 Å². The van der Waals surface area contributed by atoms with Crippen LogP contribution in [0.3, 0.4) is 0 Å². The van der Waals surface area contributed by atoms with Crippen LogP contribution in [0.2, 0.25) is 0 Å². The van der Waals surface area contributed by atoms with Crippen molar-refractivity contribution in [3.8, 4) is 5.75 Å². The lowest BCUT2D eigenvalue weighted by molar-refractivity contribution is -0.119. The number of fused-ring (bicyclic) bond motifs is 5. The van der Waals surface area contributed by atoms with Gasteiger partial charge in [-0.05, 0) is 115 Å². The third-order valence-corrected chi connectivity index (χ3v) is 12.7. The van der Waals surface area contributed by atoms with Crippen molar-refractivity contribution in [2.75, 3.05) is 17.2 Å². The molecular formula is C40H42FN7O4. The number of carbonyl (C=O) groups is 1. The van der Waals surface area contributed by atoms with Gasteiger partial charge in [0.05, 0.1) is 42.2 Å². The van der Waals surface area contributed by atoms with E-state index in [1.165, 1.54) is 29.6 Å². The minimum Gasteiger partial charge on any atom is -0.508 e. The van der Waals surface area contributed by atoms with Crippen molar-refractivity contribution in [1.82, 2.24) is 25.0 Å². The normalized spacial score (nSPS) is 27.4. The molecule has 268 valence electrons. The summed E-state index contributed by atoms with van der Waals surface area (Å²) in [7, 11) is 1.80. The number of aryl methyl sites for hydroxylation is 2. The van der Waals surface area contributed by atoms with Crippen molar-refractivity contribution in [2.45, 2.75) is 75.9 Å². The Morgan fingerprint density at radius 3 is 2.77 bits per heavy atom. The first-order chi connectivity index (χ1) is 25.2. The molecule has 1 amide bonds. The van der Waals surface area contributed by atoms with Crippen LogP contribution in [-0.2, 0) is 23.0 Å². The van der Waals surface area contributed by atoms with Crippen LogP contribution >= 0.6 is 0 Å². The second kappa shape index (κ2) is 12.5. The summed E-state index contributed by atoms with van der Waals surface area (Å²) in [6.07, 6.45) is 8.49. The van der Waals surface area contributed by atoms with E-state index in [0.717, 1.165) is 44.1 Å². The van der Waals surface area contributed by atoms with Crippen LogP contribution in [0.1, 0.15) is 91.5 Å². The van der Waals surface area contributed by atoms with Gasteiger partial charge < -0.3 is 20.5 Å². The van der Waals surface area contributed by atoms with Crippen LogP contribution in [0.15, 0.2) is 65.7 Å². The maximum absolute atomic E-state index is 14.6. The minimum absolute atomic E-state index is 0.111. The highest BCUT2D eigenvalue weighted by Crippen LogP contribution is 2.61. The number of aromatic hydroxyl groups is 1. The summed E-state index contributed by atoms with van der Waals surface area (Å²) < 4.78 is 22.8. The summed E-state index contributed by atoms with van der Waals surface area (Å²) in [5, 5.41) is 28.5. The van der Waals surface area contributed by atoms with E-state index in [4.69, 9.17) is 4.74 Å². The van der Waals surface area contributed by atoms with Crippen molar-refractivity contribution >= 4 is 28.1 Å². The largest absolute Gasteiger partial charge is 0.508 e. The van der Waals surface area contributed by atoms with Gasteiger partial charge in [0.15, 0.2) is 0 Å².